The summed E-state index contributed by atoms with van der Waals surface area (Å²) < 4.78 is 0. The minimum absolute atomic E-state index is 0. The molecule has 0 unspecified atom stereocenters. The fraction of sp³-hybridized carbons (Fsp3) is 0. The van der Waals surface area contributed by atoms with Crippen LogP contribution in [0.2, 0.25) is 0 Å². The van der Waals surface area contributed by atoms with Crippen molar-refractivity contribution in [3.8, 4) is 0 Å². The van der Waals surface area contributed by atoms with Gasteiger partial charge in [-0.25, -0.2) is 6.92 Å². The van der Waals surface area contributed by atoms with E-state index in [4.69, 9.17) is 32.9 Å². The molecule has 32 heavy (non-hydrogen) atoms. The first kappa shape index (κ1) is 104. The fourth-order valence-electron chi connectivity index (χ4n) is 0.379. The van der Waals surface area contributed by atoms with Gasteiger partial charge in [-0.15, -0.1) is 0 Å². The van der Waals surface area contributed by atoms with E-state index in [2.05, 4.69) is 25.2 Å². The van der Waals surface area contributed by atoms with Gasteiger partial charge in [-0.3, -0.25) is 18.7 Å². The molecule has 0 bridgehead atoms. The maximum atomic E-state index is 5.02. The van der Waals surface area contributed by atoms with Gasteiger partial charge in [0.15, 0.2) is 0 Å². The van der Waals surface area contributed by atoms with Gasteiger partial charge in [0.25, 0.3) is 0 Å². The van der Waals surface area contributed by atoms with Crippen molar-refractivity contribution in [3.05, 3.63) is 126 Å². The molecule has 0 fully saturated rings. The summed E-state index contributed by atoms with van der Waals surface area (Å²) in [6, 6.07) is 0. The molecular formula is C20H20Y12-4. The zero-order valence-electron chi connectivity index (χ0n) is 18.8. The van der Waals surface area contributed by atoms with Crippen LogP contribution in [0.15, 0.2) is 60.8 Å². The Morgan fingerprint density at radius 1 is 0.500 bits per heavy atom. The van der Waals surface area contributed by atoms with Crippen LogP contribution in [0.25, 0.3) is 0 Å². The van der Waals surface area contributed by atoms with Crippen LogP contribution in [-0.2, 0) is 393 Å². The van der Waals surface area contributed by atoms with Crippen molar-refractivity contribution in [1.29, 1.82) is 0 Å². The van der Waals surface area contributed by atoms with E-state index in [1.165, 1.54) is 36.5 Å². The summed E-state index contributed by atoms with van der Waals surface area (Å²) in [5, 5.41) is 0. The van der Waals surface area contributed by atoms with Gasteiger partial charge in [0, 0.05) is 327 Å². The van der Waals surface area contributed by atoms with Crippen LogP contribution in [0.1, 0.15) is 0 Å². The molecule has 10 radical (unpaired) electrons. The largest absolute Gasteiger partial charge is 3.00 e. The van der Waals surface area contributed by atoms with Gasteiger partial charge in [0.1, 0.15) is 0 Å². The zero-order valence-corrected chi connectivity index (χ0v) is 52.9. The van der Waals surface area contributed by atoms with Crippen LogP contribution in [0.5, 0.6) is 0 Å². The summed E-state index contributed by atoms with van der Waals surface area (Å²) in [5.74, 6) is 0. The predicted octanol–water partition coefficient (Wildman–Crippen LogP) is 4.79. The molecule has 0 aliphatic carbocycles. The van der Waals surface area contributed by atoms with Gasteiger partial charge in [0.05, 0.1) is 0 Å². The van der Waals surface area contributed by atoms with E-state index < -0.39 is 0 Å². The standard InChI is InChI=1S/C9H8.C6H5.C4H4.CH3.12Y/c1-3-5-7-9-8-6-4-2;1-3-5-6-4-2;1-3-4-2;;;;;;;;;;;;;/h1,3-6,9H,2H2;1-5H;1-4H;1H3;;;;;;;;;;;;/q-4;-3;-2;-1;;;;;;;;;;;2*+3. The number of hydrogen-bond donors (Lipinski definition) is 0. The first-order valence-corrected chi connectivity index (χ1v) is 5.14. The van der Waals surface area contributed by atoms with Crippen molar-refractivity contribution < 1.29 is 393 Å². The molecule has 0 aromatic carbocycles. The van der Waals surface area contributed by atoms with Crippen molar-refractivity contribution in [2.24, 2.45) is 0 Å². The van der Waals surface area contributed by atoms with Gasteiger partial charge in [-0.1, -0.05) is 0 Å². The summed E-state index contributed by atoms with van der Waals surface area (Å²) >= 11 is 0. The SMILES string of the molecule is [CH-]=CC=[C-]C=[C-]C=C[CH2-].[CH-]=CC=[CH-].[CH-]=C[C-]=CC=[CH-].[CH3-].[Y+3].[Y+3].[Y].[Y].[Y].[Y].[Y].[Y].[Y].[Y].[Y].[Y]. The topological polar surface area (TPSA) is 0 Å². The molecule has 0 aliphatic rings. The van der Waals surface area contributed by atoms with Crippen molar-refractivity contribution in [3.63, 3.8) is 0 Å². The fourth-order valence-corrected chi connectivity index (χ4v) is 0.379. The molecule has 0 N–H and O–H groups in total. The Morgan fingerprint density at radius 2 is 0.812 bits per heavy atom. The Bertz CT molecular complexity index is 348. The number of hydrogen-bond acceptors (Lipinski definition) is 0. The van der Waals surface area contributed by atoms with Crippen LogP contribution in [0.4, 0.5) is 0 Å². The first-order chi connectivity index (χ1) is 9.24. The van der Waals surface area contributed by atoms with Crippen molar-refractivity contribution >= 4 is 0 Å². The molecule has 0 saturated heterocycles. The Hall–Kier alpha value is 10.8. The molecule has 12 heteroatoms. The molecule has 0 aromatic rings. The van der Waals surface area contributed by atoms with Gasteiger partial charge >= 0.3 is 65.4 Å². The van der Waals surface area contributed by atoms with E-state index >= 15 is 0 Å². The summed E-state index contributed by atoms with van der Waals surface area (Å²) in [6.07, 6.45) is 22.8. The number of allylic oxidation sites excluding steroid dienone is 13. The summed E-state index contributed by atoms with van der Waals surface area (Å²) in [6.45, 7) is 27.7. The maximum Gasteiger partial charge on any atom is 3.00 e. The molecule has 0 spiro atoms. The van der Waals surface area contributed by atoms with E-state index in [0.717, 1.165) is 0 Å². The van der Waals surface area contributed by atoms with Crippen LogP contribution < -0.4 is 0 Å². The van der Waals surface area contributed by atoms with Crippen LogP contribution >= 0.6 is 0 Å². The molecule has 0 nitrogen and oxygen atoms in total. The van der Waals surface area contributed by atoms with Crippen LogP contribution in [0, 0.1) is 65.5 Å². The third-order valence-electron chi connectivity index (χ3n) is 0.973. The quantitative estimate of drug-likeness (QED) is 0.266. The third kappa shape index (κ3) is 149. The normalized spacial score (nSPS) is 5.62. The molecule has 0 rings (SSSR count). The molecule has 0 atom stereocenters. The average Bonchev–Trinajstić information content (AvgIpc) is 2.46. The van der Waals surface area contributed by atoms with Crippen molar-refractivity contribution in [2.45, 2.75) is 0 Å². The Morgan fingerprint density at radius 3 is 1.00 bits per heavy atom. The molecule has 0 amide bonds. The second kappa shape index (κ2) is 123. The monoisotopic (exact) mass is 1330 g/mol. The van der Waals surface area contributed by atoms with E-state index in [1.807, 2.05) is 0 Å². The van der Waals surface area contributed by atoms with Gasteiger partial charge in [-0.2, -0.15) is 0 Å². The Labute approximate surface area is 503 Å². The molecule has 0 aromatic heterocycles. The van der Waals surface area contributed by atoms with E-state index in [-0.39, 0.29) is 400 Å². The van der Waals surface area contributed by atoms with E-state index in [1.54, 1.807) is 24.3 Å². The van der Waals surface area contributed by atoms with Gasteiger partial charge in [0.2, 0.25) is 0 Å². The smallest absolute Gasteiger partial charge is 0.614 e. The van der Waals surface area contributed by atoms with E-state index in [0.29, 0.717) is 0 Å². The molecule has 140 valence electrons. The van der Waals surface area contributed by atoms with Crippen molar-refractivity contribution in [2.75, 3.05) is 0 Å². The second-order valence-electron chi connectivity index (χ2n) is 2.32. The minimum Gasteiger partial charge on any atom is -0.614 e. The molecule has 0 aliphatic heterocycles. The second-order valence-corrected chi connectivity index (χ2v) is 2.32. The summed E-state index contributed by atoms with van der Waals surface area (Å²) in [7, 11) is 0. The van der Waals surface area contributed by atoms with Gasteiger partial charge < -0.3 is 101 Å². The molecule has 0 heterocycles. The average molecular weight is 1330 g/mol. The Kier molecular flexibility index (Phi) is 400. The van der Waals surface area contributed by atoms with Crippen LogP contribution in [-0.4, -0.2) is 0 Å². The Balaban J connectivity index is -0.00000000740. The maximum absolute atomic E-state index is 5.02. The zero-order chi connectivity index (χ0) is 15.2. The third-order valence-corrected chi connectivity index (χ3v) is 0.973. The predicted molar refractivity (Wildman–Crippen MR) is 88.7 cm³/mol. The summed E-state index contributed by atoms with van der Waals surface area (Å²) in [4.78, 5) is 0. The number of rotatable bonds is 6. The molecule has 0 saturated carbocycles. The first-order valence-electron chi connectivity index (χ1n) is 5.14. The van der Waals surface area contributed by atoms with Crippen molar-refractivity contribution in [1.82, 2.24) is 0 Å². The van der Waals surface area contributed by atoms with Gasteiger partial charge in [-0.05, 0) is 0 Å². The van der Waals surface area contributed by atoms with E-state index in [9.17, 15) is 0 Å². The van der Waals surface area contributed by atoms with Crippen LogP contribution in [0.3, 0.4) is 0 Å². The minimum atomic E-state index is 0. The molecular weight excluding hydrogens is 1310 g/mol. The summed E-state index contributed by atoms with van der Waals surface area (Å²) in [5.41, 5.74) is 0.